The highest BCUT2D eigenvalue weighted by Gasteiger charge is 2.35. The molecular weight excluding hydrogens is 320 g/mol. The third-order valence-electron chi connectivity index (χ3n) is 3.97. The Morgan fingerprint density at radius 2 is 1.70 bits per heavy atom. The normalized spacial score (nSPS) is 16.7. The van der Waals surface area contributed by atoms with Crippen molar-refractivity contribution in [1.82, 2.24) is 0 Å². The number of thioether (sulfide) groups is 2. The summed E-state index contributed by atoms with van der Waals surface area (Å²) in [5, 5.41) is 0. The van der Waals surface area contributed by atoms with Gasteiger partial charge in [-0.3, -0.25) is 0 Å². The van der Waals surface area contributed by atoms with Gasteiger partial charge >= 0.3 is 0 Å². The molecule has 0 spiro atoms. The van der Waals surface area contributed by atoms with Crippen molar-refractivity contribution in [2.45, 2.75) is 17.4 Å². The molecule has 1 nitrogen and oxygen atoms in total. The zero-order valence-electron chi connectivity index (χ0n) is 13.4. The minimum Gasteiger partial charge on any atom is -0.490 e. The van der Waals surface area contributed by atoms with Crippen LogP contribution >= 0.6 is 23.5 Å². The van der Waals surface area contributed by atoms with E-state index in [0.29, 0.717) is 6.61 Å². The molecule has 3 heteroatoms. The van der Waals surface area contributed by atoms with Crippen LogP contribution in [0.2, 0.25) is 0 Å². The van der Waals surface area contributed by atoms with Crippen molar-refractivity contribution in [3.8, 4) is 5.75 Å². The SMILES string of the molecule is CCC1(c2ccc(OC/C=C/c3ccccc3)cc2)SCCS1. The van der Waals surface area contributed by atoms with E-state index in [1.54, 1.807) is 0 Å². The van der Waals surface area contributed by atoms with Crippen LogP contribution in [0.3, 0.4) is 0 Å². The highest BCUT2D eigenvalue weighted by molar-refractivity contribution is 8.20. The lowest BCUT2D eigenvalue weighted by Crippen LogP contribution is -2.12. The van der Waals surface area contributed by atoms with Gasteiger partial charge in [0, 0.05) is 11.5 Å². The van der Waals surface area contributed by atoms with Crippen LogP contribution in [0.1, 0.15) is 24.5 Å². The van der Waals surface area contributed by atoms with E-state index in [4.69, 9.17) is 4.74 Å². The van der Waals surface area contributed by atoms with Gasteiger partial charge in [-0.25, -0.2) is 0 Å². The van der Waals surface area contributed by atoms with Gasteiger partial charge in [0.15, 0.2) is 0 Å². The first-order chi connectivity index (χ1) is 11.3. The molecule has 23 heavy (non-hydrogen) atoms. The summed E-state index contributed by atoms with van der Waals surface area (Å²) in [6.45, 7) is 2.88. The Labute approximate surface area is 147 Å². The molecule has 0 amide bonds. The van der Waals surface area contributed by atoms with E-state index >= 15 is 0 Å². The first kappa shape index (κ1) is 16.5. The third kappa shape index (κ3) is 4.15. The molecule has 1 saturated heterocycles. The second-order valence-electron chi connectivity index (χ2n) is 5.45. The van der Waals surface area contributed by atoms with E-state index in [9.17, 15) is 0 Å². The van der Waals surface area contributed by atoms with Crippen LogP contribution in [0.25, 0.3) is 6.08 Å². The van der Waals surface area contributed by atoms with Crippen LogP contribution in [-0.2, 0) is 4.08 Å². The summed E-state index contributed by atoms with van der Waals surface area (Å²) in [7, 11) is 0. The highest BCUT2D eigenvalue weighted by atomic mass is 32.2. The number of rotatable bonds is 6. The van der Waals surface area contributed by atoms with Crippen LogP contribution in [0, 0.1) is 0 Å². The van der Waals surface area contributed by atoms with Gasteiger partial charge < -0.3 is 4.74 Å². The highest BCUT2D eigenvalue weighted by Crippen LogP contribution is 2.54. The lowest BCUT2D eigenvalue weighted by molar-refractivity contribution is 0.363. The van der Waals surface area contributed by atoms with Crippen molar-refractivity contribution >= 4 is 29.6 Å². The van der Waals surface area contributed by atoms with E-state index in [2.05, 4.69) is 79.0 Å². The fraction of sp³-hybridized carbons (Fsp3) is 0.300. The van der Waals surface area contributed by atoms with Crippen LogP contribution in [0.5, 0.6) is 5.75 Å². The second kappa shape index (κ2) is 7.98. The van der Waals surface area contributed by atoms with E-state index in [-0.39, 0.29) is 4.08 Å². The predicted molar refractivity (Wildman–Crippen MR) is 104 cm³/mol. The molecule has 0 saturated carbocycles. The summed E-state index contributed by atoms with van der Waals surface area (Å²) in [6.07, 6.45) is 5.31. The molecule has 0 aromatic heterocycles. The van der Waals surface area contributed by atoms with E-state index in [0.717, 1.165) is 5.75 Å². The Bertz CT molecular complexity index is 628. The van der Waals surface area contributed by atoms with Crippen molar-refractivity contribution in [3.63, 3.8) is 0 Å². The molecule has 1 aliphatic rings. The summed E-state index contributed by atoms with van der Waals surface area (Å²) < 4.78 is 6.07. The summed E-state index contributed by atoms with van der Waals surface area (Å²) >= 11 is 4.16. The van der Waals surface area contributed by atoms with E-state index in [1.165, 1.54) is 29.1 Å². The molecule has 0 atom stereocenters. The molecule has 2 aromatic carbocycles. The van der Waals surface area contributed by atoms with Crippen LogP contribution < -0.4 is 4.74 Å². The molecule has 2 aromatic rings. The monoisotopic (exact) mass is 342 g/mol. The summed E-state index contributed by atoms with van der Waals surface area (Å²) in [4.78, 5) is 0. The number of benzene rings is 2. The summed E-state index contributed by atoms with van der Waals surface area (Å²) in [5.41, 5.74) is 2.62. The fourth-order valence-electron chi connectivity index (χ4n) is 2.73. The zero-order chi connectivity index (χ0) is 16.0. The largest absolute Gasteiger partial charge is 0.490 e. The third-order valence-corrected chi connectivity index (χ3v) is 7.73. The van der Waals surface area contributed by atoms with Gasteiger partial charge in [0.1, 0.15) is 12.4 Å². The summed E-state index contributed by atoms with van der Waals surface area (Å²) in [5.74, 6) is 3.44. The molecule has 1 heterocycles. The lowest BCUT2D eigenvalue weighted by Gasteiger charge is -2.26. The van der Waals surface area contributed by atoms with Gasteiger partial charge in [-0.1, -0.05) is 55.5 Å². The average molecular weight is 343 g/mol. The topological polar surface area (TPSA) is 9.23 Å². The maximum absolute atomic E-state index is 5.81. The molecule has 120 valence electrons. The number of hydrogen-bond donors (Lipinski definition) is 0. The first-order valence-corrected chi connectivity index (χ1v) is 10.0. The molecule has 1 fully saturated rings. The Balaban J connectivity index is 1.56. The first-order valence-electron chi connectivity index (χ1n) is 8.05. The molecule has 0 bridgehead atoms. The van der Waals surface area contributed by atoms with Crippen LogP contribution in [0.4, 0.5) is 0 Å². The van der Waals surface area contributed by atoms with Crippen molar-refractivity contribution in [3.05, 3.63) is 71.8 Å². The van der Waals surface area contributed by atoms with Gasteiger partial charge in [-0.2, -0.15) is 0 Å². The average Bonchev–Trinajstić information content (AvgIpc) is 3.10. The molecule has 1 aliphatic heterocycles. The van der Waals surface area contributed by atoms with E-state index < -0.39 is 0 Å². The molecule has 0 aliphatic carbocycles. The van der Waals surface area contributed by atoms with E-state index in [1.807, 2.05) is 18.2 Å². The van der Waals surface area contributed by atoms with Gasteiger partial charge in [-0.05, 0) is 35.8 Å². The molecule has 0 radical (unpaired) electrons. The van der Waals surface area contributed by atoms with Gasteiger partial charge in [0.2, 0.25) is 0 Å². The Morgan fingerprint density at radius 3 is 2.35 bits per heavy atom. The van der Waals surface area contributed by atoms with Crippen LogP contribution in [0.15, 0.2) is 60.7 Å². The van der Waals surface area contributed by atoms with Crippen LogP contribution in [-0.4, -0.2) is 18.1 Å². The molecule has 3 rings (SSSR count). The standard InChI is InChI=1S/C20H22OS2/c1-2-20(22-15-16-23-20)18-10-12-19(13-11-18)21-14-6-9-17-7-4-3-5-8-17/h3-13H,2,14-16H2,1H3/b9-6+. The quantitative estimate of drug-likeness (QED) is 0.654. The molecule has 0 unspecified atom stereocenters. The molecular formula is C20H22OS2. The maximum Gasteiger partial charge on any atom is 0.119 e. The fourth-order valence-corrected chi connectivity index (χ4v) is 5.90. The van der Waals surface area contributed by atoms with Crippen molar-refractivity contribution in [1.29, 1.82) is 0 Å². The van der Waals surface area contributed by atoms with Gasteiger partial charge in [0.05, 0.1) is 4.08 Å². The number of hydrogen-bond acceptors (Lipinski definition) is 3. The Hall–Kier alpha value is -1.32. The van der Waals surface area contributed by atoms with Crippen molar-refractivity contribution < 1.29 is 4.74 Å². The number of ether oxygens (including phenoxy) is 1. The summed E-state index contributed by atoms with van der Waals surface area (Å²) in [6, 6.07) is 18.9. The lowest BCUT2D eigenvalue weighted by atomic mass is 10.1. The minimum atomic E-state index is 0.256. The molecule has 0 N–H and O–H groups in total. The van der Waals surface area contributed by atoms with Gasteiger partial charge in [0.25, 0.3) is 0 Å². The Kier molecular flexibility index (Phi) is 5.74. The maximum atomic E-state index is 5.81. The van der Waals surface area contributed by atoms with Crippen molar-refractivity contribution in [2.24, 2.45) is 0 Å². The minimum absolute atomic E-state index is 0.256. The van der Waals surface area contributed by atoms with Crippen molar-refractivity contribution in [2.75, 3.05) is 18.1 Å². The Morgan fingerprint density at radius 1 is 1.00 bits per heavy atom. The zero-order valence-corrected chi connectivity index (χ0v) is 15.0. The smallest absolute Gasteiger partial charge is 0.119 e. The van der Waals surface area contributed by atoms with Gasteiger partial charge in [-0.15, -0.1) is 23.5 Å². The second-order valence-corrected chi connectivity index (χ2v) is 8.50. The predicted octanol–water partition coefficient (Wildman–Crippen LogP) is 5.82.